The van der Waals surface area contributed by atoms with Crippen LogP contribution in [0.3, 0.4) is 0 Å². The molecule has 0 saturated carbocycles. The van der Waals surface area contributed by atoms with Gasteiger partial charge in [0.1, 0.15) is 21.0 Å². The Hall–Kier alpha value is -1.73. The summed E-state index contributed by atoms with van der Waals surface area (Å²) < 4.78 is 18.7. The van der Waals surface area contributed by atoms with Gasteiger partial charge in [0.15, 0.2) is 8.32 Å². The van der Waals surface area contributed by atoms with Gasteiger partial charge in [-0.2, -0.15) is 0 Å². The molecule has 35 heavy (non-hydrogen) atoms. The molecule has 0 saturated heterocycles. The van der Waals surface area contributed by atoms with E-state index in [1.54, 1.807) is 7.11 Å². The summed E-state index contributed by atoms with van der Waals surface area (Å²) in [6.07, 6.45) is -0.612. The van der Waals surface area contributed by atoms with Crippen LogP contribution in [0.2, 0.25) is 37.8 Å². The normalized spacial score (nSPS) is 15.1. The predicted octanol–water partition coefficient (Wildman–Crippen LogP) is 6.78. The van der Waals surface area contributed by atoms with Crippen LogP contribution >= 0.6 is 0 Å². The molecule has 0 fully saturated rings. The Balaban J connectivity index is 2.58. The Morgan fingerprint density at radius 2 is 1.46 bits per heavy atom. The highest BCUT2D eigenvalue weighted by Crippen LogP contribution is 2.41. The first kappa shape index (κ1) is 29.5. The van der Waals surface area contributed by atoms with E-state index in [0.29, 0.717) is 6.54 Å². The maximum atomic E-state index is 7.13. The van der Waals surface area contributed by atoms with Crippen LogP contribution in [-0.4, -0.2) is 42.4 Å². The van der Waals surface area contributed by atoms with Crippen LogP contribution in [-0.2, 0) is 20.4 Å². The van der Waals surface area contributed by atoms with Crippen molar-refractivity contribution in [2.75, 3.05) is 13.9 Å². The lowest BCUT2D eigenvalue weighted by molar-refractivity contribution is -0.0761. The molecule has 2 aromatic carbocycles. The molecule has 0 spiro atoms. The largest absolute Gasteiger partial charge is 0.408 e. The molecule has 0 amide bonds. The van der Waals surface area contributed by atoms with Gasteiger partial charge in [-0.3, -0.25) is 0 Å². The lowest BCUT2D eigenvalue weighted by atomic mass is 9.97. The molecule has 0 aliphatic carbocycles. The van der Waals surface area contributed by atoms with Crippen molar-refractivity contribution in [1.82, 2.24) is 5.32 Å². The topological polar surface area (TPSA) is 39.7 Å². The van der Waals surface area contributed by atoms with E-state index in [4.69, 9.17) is 13.9 Å². The van der Waals surface area contributed by atoms with Crippen molar-refractivity contribution in [3.63, 3.8) is 0 Å². The molecule has 0 aliphatic rings. The first-order valence-electron chi connectivity index (χ1n) is 12.5. The maximum Gasteiger partial charge on any atom is 0.192 e. The average molecular weight is 512 g/mol. The van der Waals surface area contributed by atoms with Gasteiger partial charge in [-0.25, -0.2) is 0 Å². The SMILES string of the molecule is COCO[C@@H](C#C[Si](C)(C)C)[C@H](NCc1ccccc1)[C@H](O[Si](C)(C)C(C)(C)C)c1ccccc1. The summed E-state index contributed by atoms with van der Waals surface area (Å²) >= 11 is 0. The van der Waals surface area contributed by atoms with Crippen LogP contribution in [0.4, 0.5) is 0 Å². The van der Waals surface area contributed by atoms with E-state index in [0.717, 1.165) is 5.56 Å². The second-order valence-electron chi connectivity index (χ2n) is 11.6. The number of rotatable bonds is 11. The molecule has 0 radical (unpaired) electrons. The molecule has 6 heteroatoms. The van der Waals surface area contributed by atoms with E-state index in [9.17, 15) is 0 Å². The molecule has 2 rings (SSSR count). The fraction of sp³-hybridized carbons (Fsp3) is 0.517. The van der Waals surface area contributed by atoms with Crippen LogP contribution in [0.15, 0.2) is 60.7 Å². The van der Waals surface area contributed by atoms with Gasteiger partial charge in [0.25, 0.3) is 0 Å². The summed E-state index contributed by atoms with van der Waals surface area (Å²) in [7, 11) is -2.10. The molecule has 0 heterocycles. The number of ether oxygens (including phenoxy) is 2. The summed E-state index contributed by atoms with van der Waals surface area (Å²) in [5.41, 5.74) is 5.87. The van der Waals surface area contributed by atoms with Crippen molar-refractivity contribution < 1.29 is 13.9 Å². The highest BCUT2D eigenvalue weighted by atomic mass is 28.4. The molecule has 2 aromatic rings. The molecular formula is C29H45NO3Si2. The van der Waals surface area contributed by atoms with Crippen LogP contribution < -0.4 is 5.32 Å². The fourth-order valence-corrected chi connectivity index (χ4v) is 5.20. The van der Waals surface area contributed by atoms with Crippen molar-refractivity contribution >= 4 is 16.4 Å². The van der Waals surface area contributed by atoms with Gasteiger partial charge in [0, 0.05) is 13.7 Å². The first-order chi connectivity index (χ1) is 16.3. The minimum Gasteiger partial charge on any atom is -0.408 e. The predicted molar refractivity (Wildman–Crippen MR) is 152 cm³/mol. The van der Waals surface area contributed by atoms with Gasteiger partial charge in [0.2, 0.25) is 0 Å². The Morgan fingerprint density at radius 1 is 0.886 bits per heavy atom. The van der Waals surface area contributed by atoms with Gasteiger partial charge in [-0.05, 0) is 29.3 Å². The number of hydrogen-bond acceptors (Lipinski definition) is 4. The standard InChI is InChI=1S/C29H45NO3Si2/c1-29(2,3)35(8,9)33-28(25-18-14-11-15-19-25)27(30-22-24-16-12-10-13-17-24)26(32-23-31-4)20-21-34(5,6)7/h10-19,26-28,30H,22-23H2,1-9H3/t26-,27-,28+/m0/s1. The molecule has 192 valence electrons. The Kier molecular flexibility index (Phi) is 11.0. The molecule has 0 aromatic heterocycles. The summed E-state index contributed by atoms with van der Waals surface area (Å²) in [5, 5.41) is 3.85. The lowest BCUT2D eigenvalue weighted by Gasteiger charge is -2.43. The monoisotopic (exact) mass is 511 g/mol. The molecule has 4 nitrogen and oxygen atoms in total. The number of benzene rings is 2. The van der Waals surface area contributed by atoms with Crippen molar-refractivity contribution in [3.05, 3.63) is 71.8 Å². The summed E-state index contributed by atoms with van der Waals surface area (Å²) in [4.78, 5) is 0. The van der Waals surface area contributed by atoms with E-state index in [1.807, 2.05) is 12.1 Å². The summed E-state index contributed by atoms with van der Waals surface area (Å²) in [6.45, 7) is 19.0. The van der Waals surface area contributed by atoms with Crippen molar-refractivity contribution in [3.8, 4) is 11.5 Å². The molecular weight excluding hydrogens is 466 g/mol. The minimum absolute atomic E-state index is 0.0664. The molecule has 0 bridgehead atoms. The zero-order chi connectivity index (χ0) is 26.1. The Bertz CT molecular complexity index is 941. The van der Waals surface area contributed by atoms with Gasteiger partial charge >= 0.3 is 0 Å². The third-order valence-corrected chi connectivity index (χ3v) is 11.7. The summed E-state index contributed by atoms with van der Waals surface area (Å²) in [6, 6.07) is 20.7. The first-order valence-corrected chi connectivity index (χ1v) is 18.9. The third-order valence-electron chi connectivity index (χ3n) is 6.35. The van der Waals surface area contributed by atoms with Crippen LogP contribution in [0, 0.1) is 11.5 Å². The smallest absolute Gasteiger partial charge is 0.192 e. The zero-order valence-electron chi connectivity index (χ0n) is 23.1. The van der Waals surface area contributed by atoms with E-state index >= 15 is 0 Å². The van der Waals surface area contributed by atoms with Gasteiger partial charge < -0.3 is 19.2 Å². The van der Waals surface area contributed by atoms with Gasteiger partial charge in [-0.15, -0.1) is 5.54 Å². The zero-order valence-corrected chi connectivity index (χ0v) is 25.1. The summed E-state index contributed by atoms with van der Waals surface area (Å²) in [5.74, 6) is 3.49. The molecule has 0 unspecified atom stereocenters. The second-order valence-corrected chi connectivity index (χ2v) is 21.1. The molecule has 0 aliphatic heterocycles. The van der Waals surface area contributed by atoms with Crippen molar-refractivity contribution in [1.29, 1.82) is 0 Å². The minimum atomic E-state index is -2.12. The maximum absolute atomic E-state index is 7.13. The Morgan fingerprint density at radius 3 is 1.97 bits per heavy atom. The molecule has 3 atom stereocenters. The van der Waals surface area contributed by atoms with E-state index < -0.39 is 16.4 Å². The number of hydrogen-bond donors (Lipinski definition) is 1. The third kappa shape index (κ3) is 9.68. The van der Waals surface area contributed by atoms with Crippen molar-refractivity contribution in [2.24, 2.45) is 0 Å². The molecule has 1 N–H and O–H groups in total. The number of nitrogens with one attached hydrogen (secondary N) is 1. The highest BCUT2D eigenvalue weighted by Gasteiger charge is 2.43. The van der Waals surface area contributed by atoms with Gasteiger partial charge in [0.05, 0.1) is 12.1 Å². The fourth-order valence-electron chi connectivity index (χ4n) is 3.35. The van der Waals surface area contributed by atoms with Crippen LogP contribution in [0.5, 0.6) is 0 Å². The quantitative estimate of drug-likeness (QED) is 0.205. The van der Waals surface area contributed by atoms with Crippen molar-refractivity contribution in [2.45, 2.75) is 83.3 Å². The number of methoxy groups -OCH3 is 1. The van der Waals surface area contributed by atoms with E-state index in [2.05, 4.69) is 119 Å². The average Bonchev–Trinajstić information content (AvgIpc) is 2.79. The lowest BCUT2D eigenvalue weighted by Crippen LogP contribution is -2.51. The van der Waals surface area contributed by atoms with Crippen LogP contribution in [0.25, 0.3) is 0 Å². The van der Waals surface area contributed by atoms with Crippen LogP contribution in [0.1, 0.15) is 38.0 Å². The van der Waals surface area contributed by atoms with E-state index in [1.165, 1.54) is 5.56 Å². The Labute approximate surface area is 215 Å². The van der Waals surface area contributed by atoms with E-state index in [-0.39, 0.29) is 30.1 Å². The highest BCUT2D eigenvalue weighted by molar-refractivity contribution is 6.83. The second kappa shape index (κ2) is 13.0. The van der Waals surface area contributed by atoms with Gasteiger partial charge in [-0.1, -0.05) is 107 Å².